The van der Waals surface area contributed by atoms with Crippen molar-refractivity contribution in [2.45, 2.75) is 19.6 Å². The number of halogens is 3. The lowest BCUT2D eigenvalue weighted by Gasteiger charge is -2.21. The maximum absolute atomic E-state index is 12.5. The standard InChI is InChI=1S/C17H23F3N6O/c1-4-21-16(25(2)11-13-9-24-26(3)12-13)22-7-8-27-15-6-5-14(10-23-15)17(18,19)20/h5-6,9-10,12H,4,7-8,11H2,1-3H3,(H,21,22). The average Bonchev–Trinajstić information content (AvgIpc) is 3.02. The highest BCUT2D eigenvalue weighted by Gasteiger charge is 2.30. The fourth-order valence-corrected chi connectivity index (χ4v) is 2.31. The van der Waals surface area contributed by atoms with Crippen molar-refractivity contribution in [2.24, 2.45) is 12.0 Å². The lowest BCUT2D eigenvalue weighted by molar-refractivity contribution is -0.137. The van der Waals surface area contributed by atoms with Crippen LogP contribution in [0.3, 0.4) is 0 Å². The van der Waals surface area contributed by atoms with Gasteiger partial charge in [0.1, 0.15) is 6.61 Å². The fraction of sp³-hybridized carbons (Fsp3) is 0.471. The van der Waals surface area contributed by atoms with E-state index in [0.29, 0.717) is 25.6 Å². The monoisotopic (exact) mass is 384 g/mol. The van der Waals surface area contributed by atoms with Crippen LogP contribution in [-0.2, 0) is 19.8 Å². The number of pyridine rings is 1. The third-order valence-electron chi connectivity index (χ3n) is 3.54. The zero-order valence-electron chi connectivity index (χ0n) is 15.5. The molecule has 0 aliphatic rings. The van der Waals surface area contributed by atoms with Gasteiger partial charge in [0.15, 0.2) is 5.96 Å². The van der Waals surface area contributed by atoms with Crippen LogP contribution in [0.15, 0.2) is 35.7 Å². The number of hydrogen-bond acceptors (Lipinski definition) is 4. The first-order chi connectivity index (χ1) is 12.8. The Bertz CT molecular complexity index is 742. The lowest BCUT2D eigenvalue weighted by atomic mass is 10.3. The van der Waals surface area contributed by atoms with E-state index in [1.165, 1.54) is 6.07 Å². The molecule has 0 saturated carbocycles. The first-order valence-corrected chi connectivity index (χ1v) is 8.42. The molecule has 2 aromatic heterocycles. The smallest absolute Gasteiger partial charge is 0.417 e. The molecule has 2 rings (SSSR count). The van der Waals surface area contributed by atoms with Crippen molar-refractivity contribution in [1.82, 2.24) is 25.0 Å². The number of ether oxygens (including phenoxy) is 1. The molecule has 10 heteroatoms. The molecule has 0 saturated heterocycles. The van der Waals surface area contributed by atoms with Crippen LogP contribution in [0.4, 0.5) is 13.2 Å². The molecular weight excluding hydrogens is 361 g/mol. The average molecular weight is 384 g/mol. The summed E-state index contributed by atoms with van der Waals surface area (Å²) in [6.07, 6.45) is 0.0681. The summed E-state index contributed by atoms with van der Waals surface area (Å²) in [5, 5.41) is 7.32. The summed E-state index contributed by atoms with van der Waals surface area (Å²) in [4.78, 5) is 10.1. The predicted octanol–water partition coefficient (Wildman–Crippen LogP) is 2.31. The number of aromatic nitrogens is 3. The maximum Gasteiger partial charge on any atom is 0.417 e. The zero-order valence-corrected chi connectivity index (χ0v) is 15.5. The first-order valence-electron chi connectivity index (χ1n) is 8.42. The second-order valence-corrected chi connectivity index (χ2v) is 5.85. The molecule has 0 amide bonds. The number of nitrogens with zero attached hydrogens (tertiary/aromatic N) is 5. The quantitative estimate of drug-likeness (QED) is 0.451. The van der Waals surface area contributed by atoms with Gasteiger partial charge in [-0.2, -0.15) is 18.3 Å². The van der Waals surface area contributed by atoms with Crippen LogP contribution in [0.25, 0.3) is 0 Å². The topological polar surface area (TPSA) is 67.6 Å². The summed E-state index contributed by atoms with van der Waals surface area (Å²) in [6, 6.07) is 2.14. The molecule has 0 radical (unpaired) electrons. The maximum atomic E-state index is 12.5. The van der Waals surface area contributed by atoms with Crippen molar-refractivity contribution in [2.75, 3.05) is 26.7 Å². The molecular formula is C17H23F3N6O. The van der Waals surface area contributed by atoms with Gasteiger partial charge in [-0.3, -0.25) is 4.68 Å². The lowest BCUT2D eigenvalue weighted by Crippen LogP contribution is -2.38. The van der Waals surface area contributed by atoms with Crippen LogP contribution in [-0.4, -0.2) is 52.4 Å². The van der Waals surface area contributed by atoms with Crippen molar-refractivity contribution in [3.05, 3.63) is 41.9 Å². The minimum Gasteiger partial charge on any atom is -0.476 e. The molecule has 2 aromatic rings. The summed E-state index contributed by atoms with van der Waals surface area (Å²) in [5.41, 5.74) is 0.245. The summed E-state index contributed by atoms with van der Waals surface area (Å²) < 4.78 is 44.6. The number of hydrogen-bond donors (Lipinski definition) is 1. The van der Waals surface area contributed by atoms with Crippen LogP contribution in [0, 0.1) is 0 Å². The number of rotatable bonds is 7. The highest BCUT2D eigenvalue weighted by molar-refractivity contribution is 5.79. The molecule has 0 aromatic carbocycles. The van der Waals surface area contributed by atoms with E-state index in [4.69, 9.17) is 4.74 Å². The molecule has 0 atom stereocenters. The van der Waals surface area contributed by atoms with Crippen molar-refractivity contribution >= 4 is 5.96 Å². The van der Waals surface area contributed by atoms with E-state index in [1.807, 2.05) is 32.1 Å². The van der Waals surface area contributed by atoms with E-state index >= 15 is 0 Å². The minimum atomic E-state index is -4.41. The largest absolute Gasteiger partial charge is 0.476 e. The first kappa shape index (κ1) is 20.5. The highest BCUT2D eigenvalue weighted by atomic mass is 19.4. The molecule has 148 valence electrons. The van der Waals surface area contributed by atoms with Crippen molar-refractivity contribution < 1.29 is 17.9 Å². The molecule has 1 N–H and O–H groups in total. The molecule has 0 unspecified atom stereocenters. The number of aliphatic imine (C=N–C) groups is 1. The van der Waals surface area contributed by atoms with Gasteiger partial charge in [-0.1, -0.05) is 0 Å². The van der Waals surface area contributed by atoms with Gasteiger partial charge in [0.25, 0.3) is 0 Å². The molecule has 2 heterocycles. The molecule has 0 aliphatic carbocycles. The van der Waals surface area contributed by atoms with Crippen LogP contribution < -0.4 is 10.1 Å². The van der Waals surface area contributed by atoms with E-state index in [2.05, 4.69) is 20.4 Å². The summed E-state index contributed by atoms with van der Waals surface area (Å²) in [5.74, 6) is 0.831. The molecule has 0 aliphatic heterocycles. The Balaban J connectivity index is 1.87. The number of aryl methyl sites for hydroxylation is 1. The summed E-state index contributed by atoms with van der Waals surface area (Å²) in [6.45, 7) is 3.85. The Hall–Kier alpha value is -2.78. The van der Waals surface area contributed by atoms with Gasteiger partial charge in [-0.15, -0.1) is 0 Å². The van der Waals surface area contributed by atoms with Gasteiger partial charge in [-0.25, -0.2) is 9.98 Å². The van der Waals surface area contributed by atoms with Gasteiger partial charge in [0, 0.05) is 51.2 Å². The Kier molecular flexibility index (Phi) is 7.03. The van der Waals surface area contributed by atoms with E-state index in [0.717, 1.165) is 17.8 Å². The number of guanidine groups is 1. The van der Waals surface area contributed by atoms with E-state index in [1.54, 1.807) is 10.9 Å². The van der Waals surface area contributed by atoms with Crippen LogP contribution in [0.1, 0.15) is 18.1 Å². The Labute approximate surface area is 155 Å². The van der Waals surface area contributed by atoms with E-state index in [9.17, 15) is 13.2 Å². The van der Waals surface area contributed by atoms with Crippen LogP contribution >= 0.6 is 0 Å². The Morgan fingerprint density at radius 1 is 1.33 bits per heavy atom. The van der Waals surface area contributed by atoms with Crippen molar-refractivity contribution in [1.29, 1.82) is 0 Å². The van der Waals surface area contributed by atoms with Crippen LogP contribution in [0.2, 0.25) is 0 Å². The second-order valence-electron chi connectivity index (χ2n) is 5.85. The van der Waals surface area contributed by atoms with Gasteiger partial charge in [0.05, 0.1) is 18.3 Å². The van der Waals surface area contributed by atoms with Crippen LogP contribution in [0.5, 0.6) is 5.88 Å². The van der Waals surface area contributed by atoms with Gasteiger partial charge in [0.2, 0.25) is 5.88 Å². The van der Waals surface area contributed by atoms with E-state index < -0.39 is 11.7 Å². The van der Waals surface area contributed by atoms with Gasteiger partial charge in [-0.05, 0) is 13.0 Å². The second kappa shape index (κ2) is 9.24. The molecule has 27 heavy (non-hydrogen) atoms. The number of alkyl halides is 3. The third kappa shape index (κ3) is 6.46. The molecule has 7 nitrogen and oxygen atoms in total. The number of nitrogens with one attached hydrogen (secondary N) is 1. The summed E-state index contributed by atoms with van der Waals surface area (Å²) >= 11 is 0. The summed E-state index contributed by atoms with van der Waals surface area (Å²) in [7, 11) is 3.77. The third-order valence-corrected chi connectivity index (χ3v) is 3.54. The highest BCUT2D eigenvalue weighted by Crippen LogP contribution is 2.29. The molecule has 0 spiro atoms. The minimum absolute atomic E-state index is 0.131. The van der Waals surface area contributed by atoms with E-state index in [-0.39, 0.29) is 12.5 Å². The zero-order chi connectivity index (χ0) is 19.9. The SMILES string of the molecule is CCNC(=NCCOc1ccc(C(F)(F)F)cn1)N(C)Cc1cnn(C)c1. The fourth-order valence-electron chi connectivity index (χ4n) is 2.31. The predicted molar refractivity (Wildman–Crippen MR) is 95.4 cm³/mol. The van der Waals surface area contributed by atoms with Gasteiger partial charge < -0.3 is 15.0 Å². The van der Waals surface area contributed by atoms with Crippen molar-refractivity contribution in [3.63, 3.8) is 0 Å². The molecule has 0 bridgehead atoms. The Morgan fingerprint density at radius 3 is 2.67 bits per heavy atom. The Morgan fingerprint density at radius 2 is 2.11 bits per heavy atom. The normalized spacial score (nSPS) is 12.1. The van der Waals surface area contributed by atoms with Crippen molar-refractivity contribution in [3.8, 4) is 5.88 Å². The molecule has 0 fully saturated rings. The van der Waals surface area contributed by atoms with Gasteiger partial charge >= 0.3 is 6.18 Å².